The summed E-state index contributed by atoms with van der Waals surface area (Å²) >= 11 is 5.86. The van der Waals surface area contributed by atoms with Crippen LogP contribution in [-0.2, 0) is 13.2 Å². The van der Waals surface area contributed by atoms with E-state index >= 15 is 0 Å². The van der Waals surface area contributed by atoms with Gasteiger partial charge in [-0.25, -0.2) is 0 Å². The van der Waals surface area contributed by atoms with E-state index in [9.17, 15) is 0 Å². The minimum absolute atomic E-state index is 0.450. The first kappa shape index (κ1) is 14.9. The van der Waals surface area contributed by atoms with Crippen LogP contribution in [0.5, 0.6) is 5.75 Å². The molecule has 0 spiro atoms. The van der Waals surface area contributed by atoms with Gasteiger partial charge in [-0.2, -0.15) is 0 Å². The molecule has 0 bridgehead atoms. The Kier molecular flexibility index (Phi) is 5.44. The van der Waals surface area contributed by atoms with Gasteiger partial charge in [-0.1, -0.05) is 18.5 Å². The van der Waals surface area contributed by atoms with Gasteiger partial charge in [0, 0.05) is 17.8 Å². The number of nitrogens with zero attached hydrogens (tertiary/aromatic N) is 1. The number of rotatable bonds is 7. The van der Waals surface area contributed by atoms with Gasteiger partial charge in [0.2, 0.25) is 0 Å². The number of hydrogen-bond donors (Lipinski definition) is 1. The van der Waals surface area contributed by atoms with E-state index in [2.05, 4.69) is 17.2 Å². The molecule has 0 fully saturated rings. The minimum Gasteiger partial charge on any atom is -0.487 e. The predicted octanol–water partition coefficient (Wildman–Crippen LogP) is 3.72. The van der Waals surface area contributed by atoms with E-state index in [1.54, 1.807) is 18.5 Å². The molecule has 0 amide bonds. The minimum atomic E-state index is 0.450. The Hall–Kier alpha value is -1.52. The van der Waals surface area contributed by atoms with Crippen molar-refractivity contribution in [2.24, 2.45) is 0 Å². The Morgan fingerprint density at radius 3 is 2.95 bits per heavy atom. The van der Waals surface area contributed by atoms with Crippen LogP contribution in [0.15, 0.2) is 28.9 Å². The molecule has 0 unspecified atom stereocenters. The molecule has 0 radical (unpaired) electrons. The summed E-state index contributed by atoms with van der Waals surface area (Å²) in [5.41, 5.74) is 1.04. The molecule has 108 valence electrons. The number of aromatic nitrogens is 1. The van der Waals surface area contributed by atoms with E-state index < -0.39 is 0 Å². The molecule has 2 aromatic heterocycles. The van der Waals surface area contributed by atoms with Crippen LogP contribution < -0.4 is 10.1 Å². The maximum absolute atomic E-state index is 5.86. The molecule has 0 aromatic carbocycles. The normalized spacial score (nSPS) is 10.8. The first-order valence-electron chi connectivity index (χ1n) is 6.71. The lowest BCUT2D eigenvalue weighted by atomic mass is 10.2. The van der Waals surface area contributed by atoms with Crippen molar-refractivity contribution in [3.05, 3.63) is 46.6 Å². The Morgan fingerprint density at radius 2 is 2.20 bits per heavy atom. The summed E-state index contributed by atoms with van der Waals surface area (Å²) in [6.07, 6.45) is 4.33. The number of furan rings is 1. The van der Waals surface area contributed by atoms with Crippen molar-refractivity contribution in [3.8, 4) is 5.75 Å². The van der Waals surface area contributed by atoms with Crippen LogP contribution in [0.4, 0.5) is 0 Å². The van der Waals surface area contributed by atoms with Crippen LogP contribution in [0, 0.1) is 6.92 Å². The molecule has 2 heterocycles. The molecule has 0 aliphatic heterocycles. The number of pyridine rings is 1. The lowest BCUT2D eigenvalue weighted by molar-refractivity contribution is 0.302. The van der Waals surface area contributed by atoms with Crippen LogP contribution in [0.2, 0.25) is 5.02 Å². The highest BCUT2D eigenvalue weighted by molar-refractivity contribution is 6.30. The van der Waals surface area contributed by atoms with Crippen molar-refractivity contribution in [1.29, 1.82) is 0 Å². The zero-order chi connectivity index (χ0) is 14.4. The molecule has 2 aromatic rings. The summed E-state index contributed by atoms with van der Waals surface area (Å²) < 4.78 is 11.4. The third-order valence-electron chi connectivity index (χ3n) is 2.87. The zero-order valence-corrected chi connectivity index (χ0v) is 12.5. The predicted molar refractivity (Wildman–Crippen MR) is 79.0 cm³/mol. The average molecular weight is 295 g/mol. The van der Waals surface area contributed by atoms with E-state index in [1.165, 1.54) is 0 Å². The fourth-order valence-electron chi connectivity index (χ4n) is 1.84. The van der Waals surface area contributed by atoms with Gasteiger partial charge >= 0.3 is 0 Å². The molecule has 2 rings (SSSR count). The van der Waals surface area contributed by atoms with E-state index in [4.69, 9.17) is 20.8 Å². The third kappa shape index (κ3) is 4.25. The molecule has 0 saturated heterocycles. The van der Waals surface area contributed by atoms with Crippen molar-refractivity contribution in [1.82, 2.24) is 10.3 Å². The maximum Gasteiger partial charge on any atom is 0.139 e. The van der Waals surface area contributed by atoms with Gasteiger partial charge in [0.25, 0.3) is 0 Å². The number of aryl methyl sites for hydroxylation is 1. The third-order valence-corrected chi connectivity index (χ3v) is 3.08. The van der Waals surface area contributed by atoms with Crippen molar-refractivity contribution < 1.29 is 9.15 Å². The van der Waals surface area contributed by atoms with Gasteiger partial charge in [0.1, 0.15) is 23.9 Å². The van der Waals surface area contributed by atoms with Crippen LogP contribution in [0.1, 0.15) is 30.4 Å². The molecule has 0 saturated carbocycles. The SMILES string of the molecule is CCCNCc1cc(COc2cncc(Cl)c2)c(C)o1. The first-order valence-corrected chi connectivity index (χ1v) is 7.09. The second-order valence-electron chi connectivity index (χ2n) is 4.60. The highest BCUT2D eigenvalue weighted by Gasteiger charge is 2.08. The maximum atomic E-state index is 5.86. The van der Waals surface area contributed by atoms with Gasteiger partial charge in [-0.3, -0.25) is 4.98 Å². The smallest absolute Gasteiger partial charge is 0.139 e. The Bertz CT molecular complexity index is 555. The van der Waals surface area contributed by atoms with Gasteiger partial charge < -0.3 is 14.5 Å². The molecule has 5 heteroatoms. The van der Waals surface area contributed by atoms with Crippen molar-refractivity contribution in [2.75, 3.05) is 6.54 Å². The Morgan fingerprint density at radius 1 is 1.35 bits per heavy atom. The lowest BCUT2D eigenvalue weighted by Gasteiger charge is -2.04. The van der Waals surface area contributed by atoms with Crippen molar-refractivity contribution >= 4 is 11.6 Å². The molecule has 4 nitrogen and oxygen atoms in total. The number of nitrogens with one attached hydrogen (secondary N) is 1. The molecule has 0 atom stereocenters. The molecule has 0 aliphatic rings. The molecule has 20 heavy (non-hydrogen) atoms. The quantitative estimate of drug-likeness (QED) is 0.791. The highest BCUT2D eigenvalue weighted by Crippen LogP contribution is 2.19. The molecule has 1 N–H and O–H groups in total. The highest BCUT2D eigenvalue weighted by atomic mass is 35.5. The topological polar surface area (TPSA) is 47.3 Å². The fourth-order valence-corrected chi connectivity index (χ4v) is 2.00. The van der Waals surface area contributed by atoms with Gasteiger partial charge in [0.15, 0.2) is 0 Å². The number of ether oxygens (including phenoxy) is 1. The van der Waals surface area contributed by atoms with E-state index in [-0.39, 0.29) is 0 Å². The van der Waals surface area contributed by atoms with Crippen LogP contribution in [0.3, 0.4) is 0 Å². The summed E-state index contributed by atoms with van der Waals surface area (Å²) in [7, 11) is 0. The molecular weight excluding hydrogens is 276 g/mol. The summed E-state index contributed by atoms with van der Waals surface area (Å²) in [6, 6.07) is 3.77. The second-order valence-corrected chi connectivity index (χ2v) is 5.03. The fraction of sp³-hybridized carbons (Fsp3) is 0.400. The van der Waals surface area contributed by atoms with E-state index in [0.717, 1.165) is 36.6 Å². The Labute approximate surface area is 124 Å². The van der Waals surface area contributed by atoms with Gasteiger partial charge in [-0.15, -0.1) is 0 Å². The first-order chi connectivity index (χ1) is 9.69. The summed E-state index contributed by atoms with van der Waals surface area (Å²) in [4.78, 5) is 3.98. The average Bonchev–Trinajstić information content (AvgIpc) is 2.77. The van der Waals surface area contributed by atoms with Crippen LogP contribution in [0.25, 0.3) is 0 Å². The van der Waals surface area contributed by atoms with Crippen molar-refractivity contribution in [2.45, 2.75) is 33.4 Å². The summed E-state index contributed by atoms with van der Waals surface area (Å²) in [5, 5.41) is 3.88. The second kappa shape index (κ2) is 7.31. The molecule has 0 aliphatic carbocycles. The van der Waals surface area contributed by atoms with Gasteiger partial charge in [0.05, 0.1) is 17.8 Å². The van der Waals surface area contributed by atoms with Crippen molar-refractivity contribution in [3.63, 3.8) is 0 Å². The monoisotopic (exact) mass is 294 g/mol. The van der Waals surface area contributed by atoms with Gasteiger partial charge in [-0.05, 0) is 26.0 Å². The van der Waals surface area contributed by atoms with Crippen LogP contribution in [-0.4, -0.2) is 11.5 Å². The van der Waals surface area contributed by atoms with Crippen LogP contribution >= 0.6 is 11.6 Å². The number of halogens is 1. The Balaban J connectivity index is 1.92. The lowest BCUT2D eigenvalue weighted by Crippen LogP contribution is -2.13. The van der Waals surface area contributed by atoms with E-state index in [1.807, 2.05) is 13.0 Å². The largest absolute Gasteiger partial charge is 0.487 e. The summed E-state index contributed by atoms with van der Waals surface area (Å²) in [6.45, 7) is 6.26. The van der Waals surface area contributed by atoms with E-state index in [0.29, 0.717) is 17.4 Å². The summed E-state index contributed by atoms with van der Waals surface area (Å²) in [5.74, 6) is 2.47. The molecular formula is C15H19ClN2O2. The number of hydrogen-bond acceptors (Lipinski definition) is 4. The zero-order valence-electron chi connectivity index (χ0n) is 11.8. The standard InChI is InChI=1S/C15H19ClN2O2/c1-3-4-17-9-15-5-12(11(2)20-15)10-19-14-6-13(16)7-18-8-14/h5-8,17H,3-4,9-10H2,1-2H3.